The van der Waals surface area contributed by atoms with E-state index in [0.29, 0.717) is 30.3 Å². The number of hydrogen-bond acceptors (Lipinski definition) is 7. The van der Waals surface area contributed by atoms with Gasteiger partial charge in [0.25, 0.3) is 7.82 Å². The topological polar surface area (TPSA) is 128 Å². The van der Waals surface area contributed by atoms with Crippen LogP contribution in [0.5, 0.6) is 0 Å². The van der Waals surface area contributed by atoms with Crippen molar-refractivity contribution in [2.45, 2.75) is 193 Å². The molecule has 0 rings (SSSR count). The number of quaternary nitrogens is 1. The van der Waals surface area contributed by atoms with Crippen molar-refractivity contribution in [2.24, 2.45) is 0 Å². The van der Waals surface area contributed by atoms with Gasteiger partial charge in [0.1, 0.15) is 19.3 Å². The van der Waals surface area contributed by atoms with Crippen LogP contribution in [0.25, 0.3) is 0 Å². The van der Waals surface area contributed by atoms with Crippen LogP contribution in [0.2, 0.25) is 0 Å². The standard InChI is InChI=1S/C53H93N2O7P/c1-6-8-10-12-14-16-18-20-21-22-23-24-25-26-27-28-29-30-31-32-33-34-36-38-40-42-44-46-52(57)54-50(49-62-63(59,60)61-48-47-55(3,4)5)53(58)51(56)45-43-41-39-37-35-19-17-15-13-11-9-7-2/h7-10,14-17,20-21,23-24,26-27,37,39,50-51,53,56,58H,6,11-13,18-19,22,25,28-36,38,40-49H2,1-5H3,(H-,54,57,59,60)/b9-7+,10-8-,16-14-,17-15+,21-20-,24-23-,27-26-,39-37+. The van der Waals surface area contributed by atoms with E-state index in [1.165, 1.54) is 44.9 Å². The molecule has 1 amide bonds. The minimum absolute atomic E-state index is 0.0557. The van der Waals surface area contributed by atoms with Crippen molar-refractivity contribution in [2.75, 3.05) is 40.9 Å². The number of carbonyl (C=O) groups excluding carboxylic acids is 1. The van der Waals surface area contributed by atoms with Crippen molar-refractivity contribution in [3.05, 3.63) is 97.2 Å². The quantitative estimate of drug-likeness (QED) is 0.0241. The molecule has 9 nitrogen and oxygen atoms in total. The van der Waals surface area contributed by atoms with Crippen molar-refractivity contribution in [3.63, 3.8) is 0 Å². The fourth-order valence-corrected chi connectivity index (χ4v) is 7.28. The maximum absolute atomic E-state index is 12.9. The molecule has 0 saturated carbocycles. The number of aliphatic hydroxyl groups is 2. The molecule has 0 aliphatic carbocycles. The molecule has 0 aliphatic heterocycles. The van der Waals surface area contributed by atoms with Crippen molar-refractivity contribution < 1.29 is 38.0 Å². The summed E-state index contributed by atoms with van der Waals surface area (Å²) in [5, 5.41) is 24.6. The van der Waals surface area contributed by atoms with Gasteiger partial charge in [0.2, 0.25) is 5.91 Å². The smallest absolute Gasteiger partial charge is 0.268 e. The monoisotopic (exact) mass is 901 g/mol. The van der Waals surface area contributed by atoms with Crippen LogP contribution < -0.4 is 10.2 Å². The predicted octanol–water partition coefficient (Wildman–Crippen LogP) is 12.6. The van der Waals surface area contributed by atoms with E-state index in [1.807, 2.05) is 28.1 Å². The Kier molecular flexibility index (Phi) is 41.5. The number of phosphoric acid groups is 1. The van der Waals surface area contributed by atoms with Crippen LogP contribution in [0.4, 0.5) is 0 Å². The highest BCUT2D eigenvalue weighted by Crippen LogP contribution is 2.38. The van der Waals surface area contributed by atoms with Gasteiger partial charge in [0.15, 0.2) is 0 Å². The molecule has 0 heterocycles. The van der Waals surface area contributed by atoms with Crippen LogP contribution in [-0.2, 0) is 18.4 Å². The Labute approximate surface area is 386 Å². The van der Waals surface area contributed by atoms with Gasteiger partial charge >= 0.3 is 0 Å². The first-order chi connectivity index (χ1) is 30.4. The Bertz CT molecular complexity index is 1360. The molecule has 3 N–H and O–H groups in total. The number of hydrogen-bond donors (Lipinski definition) is 3. The summed E-state index contributed by atoms with van der Waals surface area (Å²) in [7, 11) is 1.07. The molecule has 10 heteroatoms. The van der Waals surface area contributed by atoms with Crippen molar-refractivity contribution in [3.8, 4) is 0 Å². The average Bonchev–Trinajstić information content (AvgIpc) is 3.24. The maximum atomic E-state index is 12.9. The second kappa shape index (κ2) is 43.3. The predicted molar refractivity (Wildman–Crippen MR) is 266 cm³/mol. The van der Waals surface area contributed by atoms with E-state index in [4.69, 9.17) is 9.05 Å². The fraction of sp³-hybridized carbons (Fsp3) is 0.679. The number of likely N-dealkylation sites (N-methyl/N-ethyl adjacent to an activating group) is 1. The Morgan fingerprint density at radius 3 is 1.54 bits per heavy atom. The van der Waals surface area contributed by atoms with Crippen LogP contribution in [0, 0.1) is 0 Å². The molecule has 0 fully saturated rings. The van der Waals surface area contributed by atoms with E-state index in [2.05, 4.69) is 109 Å². The van der Waals surface area contributed by atoms with Crippen LogP contribution >= 0.6 is 7.82 Å². The zero-order chi connectivity index (χ0) is 46.5. The summed E-state index contributed by atoms with van der Waals surface area (Å²) < 4.78 is 23.1. The fourth-order valence-electron chi connectivity index (χ4n) is 6.55. The van der Waals surface area contributed by atoms with Crippen LogP contribution in [-0.4, -0.2) is 79.8 Å². The van der Waals surface area contributed by atoms with Crippen LogP contribution in [0.3, 0.4) is 0 Å². The molecule has 0 spiro atoms. The van der Waals surface area contributed by atoms with Gasteiger partial charge in [-0.15, -0.1) is 0 Å². The normalized spacial score (nSPS) is 15.5. The minimum atomic E-state index is -4.69. The first-order valence-corrected chi connectivity index (χ1v) is 26.1. The zero-order valence-corrected chi connectivity index (χ0v) is 41.5. The summed E-state index contributed by atoms with van der Waals surface area (Å²) in [6.07, 6.45) is 57.6. The number of rotatable bonds is 43. The molecule has 4 unspecified atom stereocenters. The van der Waals surface area contributed by atoms with Gasteiger partial charge in [-0.3, -0.25) is 9.36 Å². The summed E-state index contributed by atoms with van der Waals surface area (Å²) in [5.41, 5.74) is 0. The van der Waals surface area contributed by atoms with E-state index < -0.39 is 32.7 Å². The number of allylic oxidation sites excluding steroid dienone is 16. The molecule has 0 aromatic carbocycles. The number of phosphoric ester groups is 1. The van der Waals surface area contributed by atoms with Crippen molar-refractivity contribution >= 4 is 13.7 Å². The number of aliphatic hydroxyl groups excluding tert-OH is 2. The summed E-state index contributed by atoms with van der Waals surface area (Å²) in [4.78, 5) is 25.4. The summed E-state index contributed by atoms with van der Waals surface area (Å²) >= 11 is 0. The molecule has 0 aliphatic rings. The minimum Gasteiger partial charge on any atom is -0.756 e. The van der Waals surface area contributed by atoms with Gasteiger partial charge in [-0.2, -0.15) is 0 Å². The molecular formula is C53H93N2O7P. The third kappa shape index (κ3) is 44.4. The molecule has 362 valence electrons. The van der Waals surface area contributed by atoms with Gasteiger partial charge in [-0.1, -0.05) is 162 Å². The Balaban J connectivity index is 4.34. The number of amides is 1. The zero-order valence-electron chi connectivity index (χ0n) is 40.6. The SMILES string of the molecule is C/C=C/CC/C=C/CC/C=C/CCCC(O)C(O)C(COP(=O)([O-])OCC[N+](C)(C)C)NC(=O)CCCCCCCCCCCCC/C=C\C/C=C\C/C=C\C/C=C\C/C=C\CC. The number of carbonyl (C=O) groups is 1. The lowest BCUT2D eigenvalue weighted by molar-refractivity contribution is -0.870. The van der Waals surface area contributed by atoms with Crippen LogP contribution in [0.1, 0.15) is 174 Å². The molecule has 4 atom stereocenters. The second-order valence-corrected chi connectivity index (χ2v) is 19.0. The summed E-state index contributed by atoms with van der Waals surface area (Å²) in [6, 6.07) is -1.11. The first-order valence-electron chi connectivity index (χ1n) is 24.6. The summed E-state index contributed by atoms with van der Waals surface area (Å²) in [5.74, 6) is -0.304. The van der Waals surface area contributed by atoms with E-state index in [1.54, 1.807) is 0 Å². The highest BCUT2D eigenvalue weighted by Gasteiger charge is 2.29. The van der Waals surface area contributed by atoms with Gasteiger partial charge in [0.05, 0.1) is 39.9 Å². The Morgan fingerprint density at radius 2 is 1.03 bits per heavy atom. The number of nitrogens with zero attached hydrogens (tertiary/aromatic N) is 1. The highest BCUT2D eigenvalue weighted by molar-refractivity contribution is 7.45. The lowest BCUT2D eigenvalue weighted by Gasteiger charge is -2.31. The third-order valence-corrected chi connectivity index (χ3v) is 11.4. The van der Waals surface area contributed by atoms with Gasteiger partial charge in [-0.05, 0) is 103 Å². The molecular weight excluding hydrogens is 808 g/mol. The average molecular weight is 901 g/mol. The van der Waals surface area contributed by atoms with E-state index in [0.717, 1.165) is 89.9 Å². The second-order valence-electron chi connectivity index (χ2n) is 17.6. The first kappa shape index (κ1) is 60.4. The van der Waals surface area contributed by atoms with Crippen molar-refractivity contribution in [1.82, 2.24) is 5.32 Å². The van der Waals surface area contributed by atoms with Gasteiger partial charge in [-0.25, -0.2) is 0 Å². The maximum Gasteiger partial charge on any atom is 0.268 e. The Morgan fingerprint density at radius 1 is 0.603 bits per heavy atom. The number of unbranched alkanes of at least 4 members (excludes halogenated alkanes) is 14. The largest absolute Gasteiger partial charge is 0.756 e. The molecule has 0 aromatic rings. The molecule has 0 radical (unpaired) electrons. The lowest BCUT2D eigenvalue weighted by atomic mass is 10.0. The number of nitrogens with one attached hydrogen (secondary N) is 1. The van der Waals surface area contributed by atoms with E-state index in [9.17, 15) is 24.5 Å². The van der Waals surface area contributed by atoms with Gasteiger partial charge < -0.3 is 34.0 Å². The lowest BCUT2D eigenvalue weighted by Crippen LogP contribution is -2.51. The van der Waals surface area contributed by atoms with E-state index >= 15 is 0 Å². The molecule has 63 heavy (non-hydrogen) atoms. The van der Waals surface area contributed by atoms with Crippen molar-refractivity contribution in [1.29, 1.82) is 0 Å². The summed E-state index contributed by atoms with van der Waals surface area (Å²) in [6.45, 7) is 4.05. The highest BCUT2D eigenvalue weighted by atomic mass is 31.2. The molecule has 0 bridgehead atoms. The van der Waals surface area contributed by atoms with Crippen LogP contribution in [0.15, 0.2) is 97.2 Å². The molecule has 0 aromatic heterocycles. The molecule has 0 saturated heterocycles. The Hall–Kier alpha value is -2.62. The third-order valence-electron chi connectivity index (χ3n) is 10.4. The van der Waals surface area contributed by atoms with E-state index in [-0.39, 0.29) is 18.9 Å². The van der Waals surface area contributed by atoms with Gasteiger partial charge in [0, 0.05) is 6.42 Å².